The highest BCUT2D eigenvalue weighted by Gasteiger charge is 2.35. The molecule has 206 valence electrons. The Hall–Kier alpha value is -2.99. The quantitative estimate of drug-likeness (QED) is 0.177. The molecule has 7 nitrogen and oxygen atoms in total. The maximum Gasteiger partial charge on any atom is 0.338 e. The number of benzene rings is 3. The summed E-state index contributed by atoms with van der Waals surface area (Å²) in [6, 6.07) is 21.4. The Labute approximate surface area is 271 Å². The summed E-state index contributed by atoms with van der Waals surface area (Å²) in [5, 5.41) is 9.62. The Morgan fingerprint density at radius 3 is 2.59 bits per heavy atom. The van der Waals surface area contributed by atoms with Crippen molar-refractivity contribution in [3.05, 3.63) is 121 Å². The maximum atomic E-state index is 14.1. The summed E-state index contributed by atoms with van der Waals surface area (Å²) in [5.74, 6) is -0.0338. The number of nitriles is 1. The summed E-state index contributed by atoms with van der Waals surface area (Å²) in [7, 11) is 0. The van der Waals surface area contributed by atoms with Gasteiger partial charge in [-0.1, -0.05) is 65.4 Å². The molecular weight excluding hydrogens is 788 g/mol. The minimum absolute atomic E-state index is 0.126. The zero-order valence-corrected chi connectivity index (χ0v) is 27.3. The van der Waals surface area contributed by atoms with E-state index < -0.39 is 12.0 Å². The summed E-state index contributed by atoms with van der Waals surface area (Å²) in [6.45, 7) is 1.78. The Morgan fingerprint density at radius 1 is 1.17 bits per heavy atom. The molecule has 1 aromatic heterocycles. The number of fused-ring (bicyclic) bond motifs is 1. The molecule has 0 N–H and O–H groups in total. The summed E-state index contributed by atoms with van der Waals surface area (Å²) in [5.41, 5.74) is 2.47. The molecule has 0 aliphatic carbocycles. The summed E-state index contributed by atoms with van der Waals surface area (Å²) >= 11 is 11.8. The molecule has 1 atom stereocenters. The molecular formula is C30H20ClI2N3O4S. The first-order chi connectivity index (χ1) is 19.8. The van der Waals surface area contributed by atoms with Crippen molar-refractivity contribution in [3.63, 3.8) is 0 Å². The first-order valence-corrected chi connectivity index (χ1v) is 15.7. The van der Waals surface area contributed by atoms with Gasteiger partial charge in [-0.2, -0.15) is 5.26 Å². The van der Waals surface area contributed by atoms with E-state index in [0.717, 1.165) is 12.7 Å². The van der Waals surface area contributed by atoms with Gasteiger partial charge < -0.3 is 9.47 Å². The van der Waals surface area contributed by atoms with Gasteiger partial charge in [0.2, 0.25) is 0 Å². The lowest BCUT2D eigenvalue weighted by atomic mass is 9.93. The number of hydrogen-bond acceptors (Lipinski definition) is 7. The summed E-state index contributed by atoms with van der Waals surface area (Å²) < 4.78 is 14.9. The number of thiazole rings is 1. The minimum atomic E-state index is -0.801. The Kier molecular flexibility index (Phi) is 9.28. The molecule has 0 saturated carbocycles. The van der Waals surface area contributed by atoms with Crippen LogP contribution in [0.15, 0.2) is 82.1 Å². The molecule has 1 aliphatic heterocycles. The predicted molar refractivity (Wildman–Crippen MR) is 175 cm³/mol. The van der Waals surface area contributed by atoms with Crippen LogP contribution in [0.4, 0.5) is 0 Å². The van der Waals surface area contributed by atoms with Crippen LogP contribution in [0.1, 0.15) is 29.7 Å². The SMILES string of the molecule is CCOC(=O)C1=C(c2ccccc2)N=c2s/c(=C\c3cc(I)cc(I)c3OCC#N)c(=O)n2[C@H]1c1ccc(Cl)cc1. The van der Waals surface area contributed by atoms with Crippen LogP contribution in [0, 0.1) is 18.5 Å². The number of ether oxygens (including phenoxy) is 2. The van der Waals surface area contributed by atoms with Crippen LogP contribution in [-0.2, 0) is 9.53 Å². The smallest absolute Gasteiger partial charge is 0.338 e. The largest absolute Gasteiger partial charge is 0.477 e. The van der Waals surface area contributed by atoms with Crippen molar-refractivity contribution in [2.75, 3.05) is 13.2 Å². The molecule has 0 radical (unpaired) electrons. The molecule has 0 fully saturated rings. The maximum absolute atomic E-state index is 14.1. The van der Waals surface area contributed by atoms with E-state index in [1.807, 2.05) is 48.5 Å². The van der Waals surface area contributed by atoms with Gasteiger partial charge in [0.25, 0.3) is 5.56 Å². The van der Waals surface area contributed by atoms with Gasteiger partial charge >= 0.3 is 5.97 Å². The first kappa shape index (κ1) is 29.5. The molecule has 2 heterocycles. The van der Waals surface area contributed by atoms with Crippen LogP contribution in [0.3, 0.4) is 0 Å². The number of esters is 1. The number of carbonyl (C=O) groups excluding carboxylic acids is 1. The Balaban J connectivity index is 1.82. The monoisotopic (exact) mass is 807 g/mol. The molecule has 0 unspecified atom stereocenters. The average Bonchev–Trinajstić information content (AvgIpc) is 3.27. The van der Waals surface area contributed by atoms with Gasteiger partial charge in [0.1, 0.15) is 11.8 Å². The van der Waals surface area contributed by atoms with Crippen molar-refractivity contribution < 1.29 is 14.3 Å². The van der Waals surface area contributed by atoms with Crippen LogP contribution in [-0.4, -0.2) is 23.8 Å². The fourth-order valence-corrected chi connectivity index (χ4v) is 7.65. The van der Waals surface area contributed by atoms with E-state index in [1.165, 1.54) is 15.9 Å². The highest BCUT2D eigenvalue weighted by molar-refractivity contribution is 14.1. The van der Waals surface area contributed by atoms with Crippen molar-refractivity contribution in [2.45, 2.75) is 13.0 Å². The lowest BCUT2D eigenvalue weighted by Gasteiger charge is -2.26. The lowest BCUT2D eigenvalue weighted by Crippen LogP contribution is -2.40. The first-order valence-electron chi connectivity index (χ1n) is 12.3. The van der Waals surface area contributed by atoms with E-state index >= 15 is 0 Å². The molecule has 4 aromatic rings. The van der Waals surface area contributed by atoms with Gasteiger partial charge in [0.15, 0.2) is 11.4 Å². The van der Waals surface area contributed by atoms with Crippen molar-refractivity contribution in [2.24, 2.45) is 4.99 Å². The number of rotatable bonds is 7. The van der Waals surface area contributed by atoms with Gasteiger partial charge in [-0.25, -0.2) is 9.79 Å². The standard InChI is InChI=1S/C30H20ClI2N3O4S/c1-2-39-29(38)24-25(17-6-4-3-5-7-17)35-30-36(26(24)18-8-10-20(31)11-9-18)28(37)23(41-30)15-19-14-21(32)16-22(33)27(19)40-13-12-34/h3-11,14-16,26H,2,13H2,1H3/b23-15-/t26-/m0/s1. The van der Waals surface area contributed by atoms with Crippen molar-refractivity contribution in [1.29, 1.82) is 5.26 Å². The highest BCUT2D eigenvalue weighted by atomic mass is 127. The topological polar surface area (TPSA) is 93.7 Å². The Morgan fingerprint density at radius 2 is 1.90 bits per heavy atom. The molecule has 1 aliphatic rings. The normalized spacial score (nSPS) is 14.7. The molecule has 41 heavy (non-hydrogen) atoms. The van der Waals surface area contributed by atoms with Crippen LogP contribution in [0.2, 0.25) is 5.02 Å². The van der Waals surface area contributed by atoms with E-state index in [-0.39, 0.29) is 24.3 Å². The van der Waals surface area contributed by atoms with E-state index in [1.54, 1.807) is 37.3 Å². The molecule has 0 amide bonds. The zero-order chi connectivity index (χ0) is 29.1. The molecule has 0 saturated heterocycles. The van der Waals surface area contributed by atoms with Gasteiger partial charge in [-0.3, -0.25) is 9.36 Å². The molecule has 0 bridgehead atoms. The van der Waals surface area contributed by atoms with E-state index in [0.29, 0.717) is 36.9 Å². The third kappa shape index (κ3) is 6.13. The van der Waals surface area contributed by atoms with E-state index in [2.05, 4.69) is 45.2 Å². The number of halogens is 3. The molecule has 11 heteroatoms. The van der Waals surface area contributed by atoms with Crippen molar-refractivity contribution in [1.82, 2.24) is 4.57 Å². The summed E-state index contributed by atoms with van der Waals surface area (Å²) in [6.07, 6.45) is 1.75. The second kappa shape index (κ2) is 12.9. The highest BCUT2D eigenvalue weighted by Crippen LogP contribution is 2.35. The van der Waals surface area contributed by atoms with E-state index in [4.69, 9.17) is 31.3 Å². The average molecular weight is 808 g/mol. The van der Waals surface area contributed by atoms with Crippen molar-refractivity contribution >= 4 is 85.9 Å². The second-order valence-electron chi connectivity index (χ2n) is 8.74. The molecule has 3 aromatic carbocycles. The van der Waals surface area contributed by atoms with Gasteiger partial charge in [0, 0.05) is 19.7 Å². The van der Waals surface area contributed by atoms with Gasteiger partial charge in [-0.05, 0) is 88.0 Å². The van der Waals surface area contributed by atoms with Crippen LogP contribution >= 0.6 is 68.1 Å². The Bertz CT molecular complexity index is 1900. The van der Waals surface area contributed by atoms with Crippen molar-refractivity contribution in [3.8, 4) is 11.8 Å². The number of nitrogens with zero attached hydrogens (tertiary/aromatic N) is 3. The fraction of sp³-hybridized carbons (Fsp3) is 0.133. The minimum Gasteiger partial charge on any atom is -0.477 e. The van der Waals surface area contributed by atoms with Gasteiger partial charge in [0.05, 0.1) is 32.0 Å². The van der Waals surface area contributed by atoms with Crippen LogP contribution in [0.25, 0.3) is 11.8 Å². The fourth-order valence-electron chi connectivity index (χ4n) is 4.49. The molecule has 5 rings (SSSR count). The van der Waals surface area contributed by atoms with Gasteiger partial charge in [-0.15, -0.1) is 0 Å². The number of aromatic nitrogens is 1. The third-order valence-electron chi connectivity index (χ3n) is 6.16. The van der Waals surface area contributed by atoms with E-state index in [9.17, 15) is 9.59 Å². The number of hydrogen-bond donors (Lipinski definition) is 0. The third-order valence-corrected chi connectivity index (χ3v) is 8.82. The lowest BCUT2D eigenvalue weighted by molar-refractivity contribution is -0.138. The summed E-state index contributed by atoms with van der Waals surface area (Å²) in [4.78, 5) is 33.0. The number of carbonyl (C=O) groups is 1. The second-order valence-corrected chi connectivity index (χ2v) is 12.6. The van der Waals surface area contributed by atoms with Crippen LogP contribution in [0.5, 0.6) is 5.75 Å². The predicted octanol–water partition coefficient (Wildman–Crippen LogP) is 5.70. The zero-order valence-electron chi connectivity index (χ0n) is 21.4. The van der Waals surface area contributed by atoms with Crippen LogP contribution < -0.4 is 19.6 Å². The molecule has 0 spiro atoms.